The van der Waals surface area contributed by atoms with Crippen molar-refractivity contribution >= 4 is 15.7 Å². The minimum absolute atomic E-state index is 0.0540. The van der Waals surface area contributed by atoms with Gasteiger partial charge >= 0.3 is 0 Å². The number of hydrogen-bond acceptors (Lipinski definition) is 4. The van der Waals surface area contributed by atoms with Gasteiger partial charge in [-0.1, -0.05) is 24.3 Å². The number of H-pyrrole nitrogens is 1. The standard InChI is InChI=1S/C11H13N3O2S/c1-17(15,16)7-8-2-4-9(5-3-8)10-6-11(12)14-13-10/h2-6H,7H2,1H3,(H3,12,13,14). The third-order valence-electron chi connectivity index (χ3n) is 2.29. The Morgan fingerprint density at radius 2 is 1.94 bits per heavy atom. The molecule has 1 aromatic heterocycles. The molecule has 0 radical (unpaired) electrons. The molecule has 0 unspecified atom stereocenters. The molecule has 0 amide bonds. The smallest absolute Gasteiger partial charge is 0.151 e. The Bertz CT molecular complexity index is 614. The lowest BCUT2D eigenvalue weighted by Gasteiger charge is -2.01. The minimum Gasteiger partial charge on any atom is -0.382 e. The largest absolute Gasteiger partial charge is 0.382 e. The Balaban J connectivity index is 2.24. The number of rotatable bonds is 3. The summed E-state index contributed by atoms with van der Waals surface area (Å²) in [5, 5.41) is 6.63. The van der Waals surface area contributed by atoms with E-state index >= 15 is 0 Å². The summed E-state index contributed by atoms with van der Waals surface area (Å²) in [6.07, 6.45) is 1.22. The highest BCUT2D eigenvalue weighted by atomic mass is 32.2. The monoisotopic (exact) mass is 251 g/mol. The fourth-order valence-electron chi connectivity index (χ4n) is 1.57. The SMILES string of the molecule is CS(=O)(=O)Cc1ccc(-c2cc(N)n[nH]2)cc1. The van der Waals surface area contributed by atoms with E-state index in [-0.39, 0.29) is 5.75 Å². The Labute approximate surface area is 99.6 Å². The van der Waals surface area contributed by atoms with Gasteiger partial charge in [-0.15, -0.1) is 0 Å². The third kappa shape index (κ3) is 3.07. The molecule has 3 N–H and O–H groups in total. The van der Waals surface area contributed by atoms with Crippen molar-refractivity contribution in [3.63, 3.8) is 0 Å². The van der Waals surface area contributed by atoms with Gasteiger partial charge in [0, 0.05) is 12.3 Å². The highest BCUT2D eigenvalue weighted by Gasteiger charge is 2.05. The van der Waals surface area contributed by atoms with Gasteiger partial charge in [0.15, 0.2) is 9.84 Å². The van der Waals surface area contributed by atoms with E-state index in [4.69, 9.17) is 5.73 Å². The molecular weight excluding hydrogens is 238 g/mol. The molecule has 2 rings (SSSR count). The van der Waals surface area contributed by atoms with E-state index < -0.39 is 9.84 Å². The van der Waals surface area contributed by atoms with Crippen LogP contribution in [0.15, 0.2) is 30.3 Å². The maximum atomic E-state index is 11.1. The van der Waals surface area contributed by atoms with Gasteiger partial charge in [-0.3, -0.25) is 5.10 Å². The summed E-state index contributed by atoms with van der Waals surface area (Å²) in [4.78, 5) is 0. The molecule has 0 aliphatic heterocycles. The Kier molecular flexibility index (Phi) is 2.89. The first-order valence-corrected chi connectivity index (χ1v) is 7.08. The van der Waals surface area contributed by atoms with Crippen LogP contribution in [0.2, 0.25) is 0 Å². The number of nitrogen functional groups attached to an aromatic ring is 1. The molecule has 1 aromatic carbocycles. The van der Waals surface area contributed by atoms with E-state index in [0.29, 0.717) is 5.82 Å². The molecular formula is C11H13N3O2S. The number of sulfone groups is 1. The summed E-state index contributed by atoms with van der Waals surface area (Å²) in [7, 11) is -2.99. The van der Waals surface area contributed by atoms with Crippen LogP contribution in [0.3, 0.4) is 0 Å². The fraction of sp³-hybridized carbons (Fsp3) is 0.182. The molecule has 0 aliphatic carbocycles. The molecule has 0 fully saturated rings. The molecule has 17 heavy (non-hydrogen) atoms. The molecule has 2 aromatic rings. The molecule has 90 valence electrons. The number of aromatic amines is 1. The van der Waals surface area contributed by atoms with Gasteiger partial charge in [0.2, 0.25) is 0 Å². The van der Waals surface area contributed by atoms with Crippen molar-refractivity contribution in [2.75, 3.05) is 12.0 Å². The molecule has 6 heteroatoms. The molecule has 1 heterocycles. The van der Waals surface area contributed by atoms with Crippen molar-refractivity contribution in [3.05, 3.63) is 35.9 Å². The van der Waals surface area contributed by atoms with Crippen LogP contribution in [-0.4, -0.2) is 24.9 Å². The zero-order chi connectivity index (χ0) is 12.5. The van der Waals surface area contributed by atoms with Gasteiger partial charge < -0.3 is 5.73 Å². The number of nitrogens with zero attached hydrogens (tertiary/aromatic N) is 1. The number of aromatic nitrogens is 2. The molecule has 0 saturated heterocycles. The van der Waals surface area contributed by atoms with E-state index in [1.165, 1.54) is 6.26 Å². The maximum absolute atomic E-state index is 11.1. The average Bonchev–Trinajstić information content (AvgIpc) is 2.63. The van der Waals surface area contributed by atoms with Gasteiger partial charge in [-0.05, 0) is 11.1 Å². The van der Waals surface area contributed by atoms with Gasteiger partial charge in [-0.25, -0.2) is 8.42 Å². The van der Waals surface area contributed by atoms with Crippen LogP contribution in [0, 0.1) is 0 Å². The Morgan fingerprint density at radius 1 is 1.29 bits per heavy atom. The summed E-state index contributed by atoms with van der Waals surface area (Å²) < 4.78 is 22.3. The second-order valence-corrected chi connectivity index (χ2v) is 6.11. The minimum atomic E-state index is -2.99. The first kappa shape index (κ1) is 11.7. The van der Waals surface area contributed by atoms with Crippen LogP contribution in [0.25, 0.3) is 11.3 Å². The lowest BCUT2D eigenvalue weighted by Crippen LogP contribution is -2.00. The third-order valence-corrected chi connectivity index (χ3v) is 3.15. The summed E-state index contributed by atoms with van der Waals surface area (Å²) in [5.41, 5.74) is 8.01. The van der Waals surface area contributed by atoms with Crippen LogP contribution >= 0.6 is 0 Å². The Hall–Kier alpha value is -1.82. The number of anilines is 1. The predicted molar refractivity (Wildman–Crippen MR) is 67.0 cm³/mol. The van der Waals surface area contributed by atoms with Crippen LogP contribution < -0.4 is 5.73 Å². The highest BCUT2D eigenvalue weighted by molar-refractivity contribution is 7.89. The summed E-state index contributed by atoms with van der Waals surface area (Å²) in [6.45, 7) is 0. The molecule has 0 aliphatic rings. The number of nitrogens with one attached hydrogen (secondary N) is 1. The van der Waals surface area contributed by atoms with Crippen molar-refractivity contribution in [1.82, 2.24) is 10.2 Å². The topological polar surface area (TPSA) is 88.8 Å². The Morgan fingerprint density at radius 3 is 2.41 bits per heavy atom. The van der Waals surface area contributed by atoms with Crippen LogP contribution in [0.1, 0.15) is 5.56 Å². The van der Waals surface area contributed by atoms with E-state index in [0.717, 1.165) is 16.8 Å². The number of hydrogen-bond donors (Lipinski definition) is 2. The zero-order valence-corrected chi connectivity index (χ0v) is 10.2. The second-order valence-electron chi connectivity index (χ2n) is 3.97. The predicted octanol–water partition coefficient (Wildman–Crippen LogP) is 1.20. The van der Waals surface area contributed by atoms with Gasteiger partial charge in [0.05, 0.1) is 11.4 Å². The van der Waals surface area contributed by atoms with Crippen LogP contribution in [0.4, 0.5) is 5.82 Å². The van der Waals surface area contributed by atoms with E-state index in [2.05, 4.69) is 10.2 Å². The van der Waals surface area contributed by atoms with Crippen molar-refractivity contribution in [2.45, 2.75) is 5.75 Å². The van der Waals surface area contributed by atoms with Crippen molar-refractivity contribution < 1.29 is 8.42 Å². The lowest BCUT2D eigenvalue weighted by atomic mass is 10.1. The summed E-state index contributed by atoms with van der Waals surface area (Å²) >= 11 is 0. The lowest BCUT2D eigenvalue weighted by molar-refractivity contribution is 0.601. The second kappa shape index (κ2) is 4.21. The van der Waals surface area contributed by atoms with Crippen molar-refractivity contribution in [1.29, 1.82) is 0 Å². The maximum Gasteiger partial charge on any atom is 0.151 e. The van der Waals surface area contributed by atoms with E-state index in [1.807, 2.05) is 12.1 Å². The normalized spacial score (nSPS) is 11.6. The summed E-state index contributed by atoms with van der Waals surface area (Å²) in [5.74, 6) is 0.485. The first-order valence-electron chi connectivity index (χ1n) is 5.02. The van der Waals surface area contributed by atoms with Gasteiger partial charge in [0.1, 0.15) is 5.82 Å². The molecule has 5 nitrogen and oxygen atoms in total. The summed E-state index contributed by atoms with van der Waals surface area (Å²) in [6, 6.07) is 8.98. The van der Waals surface area contributed by atoms with Gasteiger partial charge in [-0.2, -0.15) is 5.10 Å². The van der Waals surface area contributed by atoms with Crippen molar-refractivity contribution in [2.24, 2.45) is 0 Å². The highest BCUT2D eigenvalue weighted by Crippen LogP contribution is 2.19. The van der Waals surface area contributed by atoms with Crippen LogP contribution in [0.5, 0.6) is 0 Å². The molecule has 0 saturated carbocycles. The molecule has 0 spiro atoms. The van der Waals surface area contributed by atoms with Gasteiger partial charge in [0.25, 0.3) is 0 Å². The fourth-order valence-corrected chi connectivity index (χ4v) is 2.37. The first-order chi connectivity index (χ1) is 7.94. The van der Waals surface area contributed by atoms with Crippen molar-refractivity contribution in [3.8, 4) is 11.3 Å². The quantitative estimate of drug-likeness (QED) is 0.858. The molecule has 0 bridgehead atoms. The van der Waals surface area contributed by atoms with E-state index in [1.54, 1.807) is 18.2 Å². The van der Waals surface area contributed by atoms with Crippen LogP contribution in [-0.2, 0) is 15.6 Å². The van der Waals surface area contributed by atoms with E-state index in [9.17, 15) is 8.42 Å². The number of nitrogens with two attached hydrogens (primary N) is 1. The zero-order valence-electron chi connectivity index (χ0n) is 9.34. The average molecular weight is 251 g/mol. The number of benzene rings is 1. The molecule has 0 atom stereocenters.